The molecule has 0 fully saturated rings. The summed E-state index contributed by atoms with van der Waals surface area (Å²) >= 11 is 5.98. The molecule has 2 aromatic carbocycles. The Balaban J connectivity index is 2.18. The number of allylic oxidation sites excluding steroid dienone is 1. The van der Waals surface area contributed by atoms with Crippen molar-refractivity contribution in [3.8, 4) is 5.75 Å². The molecule has 3 rings (SSSR count). The summed E-state index contributed by atoms with van der Waals surface area (Å²) in [7, 11) is 0. The van der Waals surface area contributed by atoms with Crippen molar-refractivity contribution in [1.82, 2.24) is 4.57 Å². The maximum absolute atomic E-state index is 12.8. The van der Waals surface area contributed by atoms with Crippen molar-refractivity contribution in [3.05, 3.63) is 81.6 Å². The van der Waals surface area contributed by atoms with Crippen LogP contribution in [-0.4, -0.2) is 15.6 Å². The molecule has 1 aromatic heterocycles. The quantitative estimate of drug-likeness (QED) is 0.681. The van der Waals surface area contributed by atoms with Crippen molar-refractivity contribution < 1.29 is 9.90 Å². The van der Waals surface area contributed by atoms with Gasteiger partial charge in [0.2, 0.25) is 0 Å². The van der Waals surface area contributed by atoms with Gasteiger partial charge in [0.1, 0.15) is 11.3 Å². The molecule has 1 amide bonds. The number of nitrogens with zero attached hydrogens (tertiary/aromatic N) is 1. The Morgan fingerprint density at radius 2 is 2.04 bits per heavy atom. The average Bonchev–Trinajstić information content (AvgIpc) is 2.62. The van der Waals surface area contributed by atoms with Crippen molar-refractivity contribution in [2.45, 2.75) is 13.5 Å². The molecule has 0 bridgehead atoms. The molecular formula is C20H17ClN2O3. The van der Waals surface area contributed by atoms with Crippen LogP contribution in [-0.2, 0) is 6.54 Å². The smallest absolute Gasteiger partial charge is 0.268 e. The summed E-state index contributed by atoms with van der Waals surface area (Å²) in [5, 5.41) is 14.1. The number of anilines is 1. The van der Waals surface area contributed by atoms with E-state index in [0.29, 0.717) is 21.6 Å². The lowest BCUT2D eigenvalue weighted by Gasteiger charge is -2.14. The summed E-state index contributed by atoms with van der Waals surface area (Å²) in [6.45, 7) is 5.68. The first-order chi connectivity index (χ1) is 12.4. The van der Waals surface area contributed by atoms with E-state index in [4.69, 9.17) is 11.6 Å². The van der Waals surface area contributed by atoms with Crippen molar-refractivity contribution in [1.29, 1.82) is 0 Å². The van der Waals surface area contributed by atoms with Crippen LogP contribution in [0.15, 0.2) is 59.9 Å². The fourth-order valence-electron chi connectivity index (χ4n) is 2.82. The van der Waals surface area contributed by atoms with Crippen molar-refractivity contribution >= 4 is 34.1 Å². The number of aromatic hydroxyl groups is 1. The zero-order valence-corrected chi connectivity index (χ0v) is 14.9. The molecule has 0 saturated carbocycles. The van der Waals surface area contributed by atoms with E-state index < -0.39 is 11.5 Å². The first kappa shape index (κ1) is 17.8. The number of pyridine rings is 1. The third-order valence-electron chi connectivity index (χ3n) is 4.13. The molecule has 0 atom stereocenters. The second kappa shape index (κ2) is 7.06. The topological polar surface area (TPSA) is 71.3 Å². The zero-order valence-electron chi connectivity index (χ0n) is 14.1. The van der Waals surface area contributed by atoms with Crippen LogP contribution in [0.4, 0.5) is 5.69 Å². The highest BCUT2D eigenvalue weighted by Gasteiger charge is 2.22. The van der Waals surface area contributed by atoms with Gasteiger partial charge >= 0.3 is 0 Å². The molecule has 0 unspecified atom stereocenters. The van der Waals surface area contributed by atoms with Crippen LogP contribution in [0, 0.1) is 6.92 Å². The summed E-state index contributed by atoms with van der Waals surface area (Å²) in [4.78, 5) is 25.6. The molecule has 5 nitrogen and oxygen atoms in total. The van der Waals surface area contributed by atoms with Gasteiger partial charge in [0, 0.05) is 22.6 Å². The number of nitrogens with one attached hydrogen (secondary N) is 1. The van der Waals surface area contributed by atoms with Crippen LogP contribution >= 0.6 is 11.6 Å². The minimum atomic E-state index is -0.693. The number of hydrogen-bond acceptors (Lipinski definition) is 3. The Morgan fingerprint density at radius 3 is 2.77 bits per heavy atom. The van der Waals surface area contributed by atoms with E-state index in [0.717, 1.165) is 5.56 Å². The normalized spacial score (nSPS) is 10.7. The second-order valence-corrected chi connectivity index (χ2v) is 6.29. The van der Waals surface area contributed by atoms with Crippen LogP contribution in [0.5, 0.6) is 5.75 Å². The highest BCUT2D eigenvalue weighted by atomic mass is 35.5. The Bertz CT molecular complexity index is 1090. The summed E-state index contributed by atoms with van der Waals surface area (Å²) in [6, 6.07) is 11.9. The molecular weight excluding hydrogens is 352 g/mol. The molecule has 3 aromatic rings. The van der Waals surface area contributed by atoms with Crippen LogP contribution in [0.25, 0.3) is 10.9 Å². The van der Waals surface area contributed by atoms with E-state index in [1.54, 1.807) is 48.5 Å². The van der Waals surface area contributed by atoms with Crippen molar-refractivity contribution in [2.75, 3.05) is 5.32 Å². The Morgan fingerprint density at radius 1 is 1.31 bits per heavy atom. The van der Waals surface area contributed by atoms with E-state index in [2.05, 4.69) is 11.9 Å². The van der Waals surface area contributed by atoms with Gasteiger partial charge in [-0.25, -0.2) is 0 Å². The number of carbonyl (C=O) groups is 1. The lowest BCUT2D eigenvalue weighted by Crippen LogP contribution is -2.29. The van der Waals surface area contributed by atoms with Gasteiger partial charge in [-0.05, 0) is 36.8 Å². The highest BCUT2D eigenvalue weighted by Crippen LogP contribution is 2.27. The number of rotatable bonds is 4. The average molecular weight is 369 g/mol. The second-order valence-electron chi connectivity index (χ2n) is 5.86. The third-order valence-corrected chi connectivity index (χ3v) is 4.37. The SMILES string of the molecule is C=CCn1c(=O)c(C(=O)Nc2cc(Cl)ccc2C)c(O)c2ccccc21. The summed E-state index contributed by atoms with van der Waals surface area (Å²) in [5.74, 6) is -1.04. The van der Waals surface area contributed by atoms with E-state index in [9.17, 15) is 14.7 Å². The molecule has 0 saturated heterocycles. The Hall–Kier alpha value is -3.05. The number of benzene rings is 2. The number of halogens is 1. The van der Waals surface area contributed by atoms with E-state index in [1.165, 1.54) is 4.57 Å². The number of aryl methyl sites for hydroxylation is 1. The fraction of sp³-hybridized carbons (Fsp3) is 0.100. The van der Waals surface area contributed by atoms with Crippen molar-refractivity contribution in [3.63, 3.8) is 0 Å². The first-order valence-corrected chi connectivity index (χ1v) is 8.34. The van der Waals surface area contributed by atoms with Crippen LogP contribution in [0.1, 0.15) is 15.9 Å². The molecule has 0 aliphatic heterocycles. The highest BCUT2D eigenvalue weighted by molar-refractivity contribution is 6.31. The van der Waals surface area contributed by atoms with Gasteiger partial charge in [0.25, 0.3) is 11.5 Å². The van der Waals surface area contributed by atoms with Gasteiger partial charge in [-0.1, -0.05) is 35.9 Å². The van der Waals surface area contributed by atoms with E-state index in [1.807, 2.05) is 6.92 Å². The number of amides is 1. The Labute approximate surface area is 155 Å². The van der Waals surface area contributed by atoms with Crippen LogP contribution in [0.3, 0.4) is 0 Å². The number of carbonyl (C=O) groups excluding carboxylic acids is 1. The molecule has 26 heavy (non-hydrogen) atoms. The maximum atomic E-state index is 12.8. The maximum Gasteiger partial charge on any atom is 0.268 e. The van der Waals surface area contributed by atoms with Crippen LogP contribution in [0.2, 0.25) is 5.02 Å². The lowest BCUT2D eigenvalue weighted by molar-refractivity contribution is 0.102. The van der Waals surface area contributed by atoms with E-state index in [-0.39, 0.29) is 17.9 Å². The van der Waals surface area contributed by atoms with Gasteiger partial charge < -0.3 is 15.0 Å². The minimum Gasteiger partial charge on any atom is -0.506 e. The molecule has 2 N–H and O–H groups in total. The number of hydrogen-bond donors (Lipinski definition) is 2. The number of fused-ring (bicyclic) bond motifs is 1. The van der Waals surface area contributed by atoms with Gasteiger partial charge in [-0.3, -0.25) is 9.59 Å². The standard InChI is InChI=1S/C20H17ClN2O3/c1-3-10-23-16-7-5-4-6-14(16)18(24)17(20(23)26)19(25)22-15-11-13(21)9-8-12(15)2/h3-9,11,24H,1,10H2,2H3,(H,22,25). The molecule has 0 aliphatic carbocycles. The number of aromatic nitrogens is 1. The van der Waals surface area contributed by atoms with E-state index >= 15 is 0 Å². The molecule has 0 spiro atoms. The third kappa shape index (κ3) is 3.09. The predicted octanol–water partition coefficient (Wildman–Crippen LogP) is 4.11. The molecule has 132 valence electrons. The van der Waals surface area contributed by atoms with Crippen molar-refractivity contribution in [2.24, 2.45) is 0 Å². The Kier molecular flexibility index (Phi) is 4.82. The molecule has 6 heteroatoms. The van der Waals surface area contributed by atoms with Crippen LogP contribution < -0.4 is 10.9 Å². The number of para-hydroxylation sites is 1. The van der Waals surface area contributed by atoms with Gasteiger partial charge in [0.05, 0.1) is 5.52 Å². The van der Waals surface area contributed by atoms with Gasteiger partial charge in [0.15, 0.2) is 0 Å². The largest absolute Gasteiger partial charge is 0.506 e. The van der Waals surface area contributed by atoms with Gasteiger partial charge in [-0.15, -0.1) is 6.58 Å². The predicted molar refractivity (Wildman–Crippen MR) is 104 cm³/mol. The summed E-state index contributed by atoms with van der Waals surface area (Å²) in [6.07, 6.45) is 1.56. The monoisotopic (exact) mass is 368 g/mol. The lowest BCUT2D eigenvalue weighted by atomic mass is 10.1. The molecule has 1 heterocycles. The summed E-state index contributed by atoms with van der Waals surface area (Å²) < 4.78 is 1.40. The van der Waals surface area contributed by atoms with Gasteiger partial charge in [-0.2, -0.15) is 0 Å². The zero-order chi connectivity index (χ0) is 18.8. The minimum absolute atomic E-state index is 0.218. The fourth-order valence-corrected chi connectivity index (χ4v) is 2.99. The molecule has 0 aliphatic rings. The summed E-state index contributed by atoms with van der Waals surface area (Å²) in [5.41, 5.74) is 0.896. The first-order valence-electron chi connectivity index (χ1n) is 7.97. The molecule has 0 radical (unpaired) electrons.